The summed E-state index contributed by atoms with van der Waals surface area (Å²) in [5.41, 5.74) is 0.321. The largest absolute Gasteiger partial charge is 0.491 e. The number of ether oxygens (including phenoxy) is 3. The van der Waals surface area contributed by atoms with Gasteiger partial charge in [0.2, 0.25) is 0 Å². The van der Waals surface area contributed by atoms with E-state index in [0.717, 1.165) is 30.5 Å². The maximum atomic E-state index is 13.9. The van der Waals surface area contributed by atoms with Crippen molar-refractivity contribution >= 4 is 20.1 Å². The van der Waals surface area contributed by atoms with Crippen LogP contribution in [0.1, 0.15) is 45.6 Å². The lowest BCUT2D eigenvalue weighted by Crippen LogP contribution is -2.57. The first-order chi connectivity index (χ1) is 19.6. The second-order valence-corrected chi connectivity index (χ2v) is 17.5. The highest BCUT2D eigenvalue weighted by molar-refractivity contribution is 6.74. The highest BCUT2D eigenvalue weighted by Crippen LogP contribution is 2.72. The van der Waals surface area contributed by atoms with E-state index in [4.69, 9.17) is 18.6 Å². The van der Waals surface area contributed by atoms with Crippen molar-refractivity contribution in [2.24, 2.45) is 5.92 Å². The Morgan fingerprint density at radius 2 is 1.80 bits per heavy atom. The van der Waals surface area contributed by atoms with Gasteiger partial charge < -0.3 is 18.6 Å². The number of carbonyl (C=O) groups is 1. The minimum Gasteiger partial charge on any atom is -0.491 e. The Bertz CT molecular complexity index is 1500. The van der Waals surface area contributed by atoms with E-state index in [-0.39, 0.29) is 11.0 Å². The zero-order valence-corrected chi connectivity index (χ0v) is 25.5. The smallest absolute Gasteiger partial charge is 0.420 e. The summed E-state index contributed by atoms with van der Waals surface area (Å²) in [6.07, 6.45) is 5.69. The molecule has 7 heteroatoms. The summed E-state index contributed by atoms with van der Waals surface area (Å²) in [6.45, 7) is 12.1. The molecule has 2 aliphatic heterocycles. The lowest BCUT2D eigenvalue weighted by molar-refractivity contribution is 0.197. The number of epoxide rings is 1. The number of allylic oxidation sites excluding steroid dienone is 2. The van der Waals surface area contributed by atoms with Crippen LogP contribution >= 0.6 is 0 Å². The fourth-order valence-electron chi connectivity index (χ4n) is 6.19. The number of para-hydroxylation sites is 1. The predicted octanol–water partition coefficient (Wildman–Crippen LogP) is 6.82. The van der Waals surface area contributed by atoms with Gasteiger partial charge in [-0.2, -0.15) is 0 Å². The Morgan fingerprint density at radius 3 is 2.56 bits per heavy atom. The molecule has 6 rings (SSSR count). The molecule has 0 aromatic heterocycles. The molecular formula is C34H37NO5Si. The third-order valence-corrected chi connectivity index (χ3v) is 13.8. The number of hydrogen-bond acceptors (Lipinski definition) is 5. The average molecular weight is 568 g/mol. The molecule has 0 radical (unpaired) electrons. The van der Waals surface area contributed by atoms with E-state index in [2.05, 4.69) is 57.5 Å². The van der Waals surface area contributed by atoms with Crippen LogP contribution in [0.25, 0.3) is 0 Å². The second-order valence-electron chi connectivity index (χ2n) is 12.7. The van der Waals surface area contributed by atoms with E-state index < -0.39 is 31.7 Å². The molecule has 1 saturated carbocycles. The zero-order valence-electron chi connectivity index (χ0n) is 24.5. The Labute approximate surface area is 244 Å². The molecule has 1 amide bonds. The fourth-order valence-corrected chi connectivity index (χ4v) is 7.22. The summed E-state index contributed by atoms with van der Waals surface area (Å²) in [6, 6.07) is 14.5. The van der Waals surface area contributed by atoms with E-state index >= 15 is 0 Å². The van der Waals surface area contributed by atoms with Gasteiger partial charge in [0.05, 0.1) is 18.2 Å². The van der Waals surface area contributed by atoms with Crippen LogP contribution in [0, 0.1) is 29.6 Å². The third kappa shape index (κ3) is 4.57. The van der Waals surface area contributed by atoms with Crippen molar-refractivity contribution in [2.45, 2.75) is 75.4 Å². The summed E-state index contributed by atoms with van der Waals surface area (Å²) in [5, 5.41) is 0.136. The summed E-state index contributed by atoms with van der Waals surface area (Å²) in [5.74, 6) is 14.3. The molecule has 1 saturated heterocycles. The second kappa shape index (κ2) is 10.1. The highest BCUT2D eigenvalue weighted by Gasteiger charge is 2.81. The maximum absolute atomic E-state index is 13.9. The topological polar surface area (TPSA) is 60.5 Å². The van der Waals surface area contributed by atoms with Gasteiger partial charge in [-0.3, -0.25) is 4.90 Å². The molecular weight excluding hydrogens is 530 g/mol. The Hall–Kier alpha value is -3.49. The quantitative estimate of drug-likeness (QED) is 0.166. The standard InChI is InChI=1S/C34H37NO5Si/c1-32(2,3)41(4,5)38-23-22-37-27-19-20-29-28(24-27)34-25-14-9-6-7-12-18-30(33(34,40-34)21-13-15-25)35(29)31(36)39-26-16-10-8-11-17-26/h6-8,10-11,16-17,19-20,24-25,30H,13,15,21-23H2,1-5H3/b7-6-/t25-,30+,33+,34-/m1/s1. The Morgan fingerprint density at radius 1 is 1.05 bits per heavy atom. The molecule has 0 spiro atoms. The number of rotatable bonds is 6. The maximum Gasteiger partial charge on any atom is 0.420 e. The molecule has 4 aliphatic rings. The van der Waals surface area contributed by atoms with Crippen LogP contribution in [0.2, 0.25) is 18.1 Å². The molecule has 2 aliphatic carbocycles. The van der Waals surface area contributed by atoms with Crippen LogP contribution in [0.3, 0.4) is 0 Å². The van der Waals surface area contributed by atoms with Crippen LogP contribution in [0.4, 0.5) is 10.5 Å². The summed E-state index contributed by atoms with van der Waals surface area (Å²) in [7, 11) is -1.87. The SMILES string of the molecule is CC(C)(C)[Si](C)(C)OCCOc1ccc2c(c1)[C@@]13O[C@]14CCC[C@H]3C#C/C=C\C#C[C@@H]4N2C(=O)Oc1ccccc1. The van der Waals surface area contributed by atoms with Crippen molar-refractivity contribution < 1.29 is 23.4 Å². The molecule has 212 valence electrons. The van der Waals surface area contributed by atoms with Crippen LogP contribution in [-0.4, -0.2) is 39.3 Å². The Balaban J connectivity index is 1.36. The van der Waals surface area contributed by atoms with E-state index in [1.54, 1.807) is 29.2 Å². The van der Waals surface area contributed by atoms with Crippen molar-refractivity contribution in [2.75, 3.05) is 18.1 Å². The van der Waals surface area contributed by atoms with Gasteiger partial charge in [0.15, 0.2) is 8.32 Å². The van der Waals surface area contributed by atoms with Gasteiger partial charge in [-0.1, -0.05) is 62.7 Å². The minimum absolute atomic E-state index is 0.0217. The van der Waals surface area contributed by atoms with Crippen molar-refractivity contribution in [3.8, 4) is 35.2 Å². The summed E-state index contributed by atoms with van der Waals surface area (Å²) < 4.78 is 25.3. The van der Waals surface area contributed by atoms with Crippen molar-refractivity contribution in [3.63, 3.8) is 0 Å². The highest BCUT2D eigenvalue weighted by atomic mass is 28.4. The molecule has 0 N–H and O–H groups in total. The van der Waals surface area contributed by atoms with E-state index in [0.29, 0.717) is 24.7 Å². The van der Waals surface area contributed by atoms with Gasteiger partial charge in [0, 0.05) is 5.56 Å². The molecule has 4 bridgehead atoms. The predicted molar refractivity (Wildman–Crippen MR) is 161 cm³/mol. The van der Waals surface area contributed by atoms with Crippen molar-refractivity contribution in [1.82, 2.24) is 0 Å². The zero-order chi connectivity index (χ0) is 28.9. The first kappa shape index (κ1) is 27.7. The number of benzene rings is 2. The van der Waals surface area contributed by atoms with Crippen LogP contribution < -0.4 is 14.4 Å². The third-order valence-electron chi connectivity index (χ3n) is 9.28. The fraction of sp³-hybridized carbons (Fsp3) is 0.441. The molecule has 2 aromatic rings. The number of anilines is 1. The van der Waals surface area contributed by atoms with Gasteiger partial charge in [0.1, 0.15) is 35.3 Å². The molecule has 6 nitrogen and oxygen atoms in total. The summed E-state index contributed by atoms with van der Waals surface area (Å²) in [4.78, 5) is 15.5. The molecule has 2 heterocycles. The van der Waals surface area contributed by atoms with Gasteiger partial charge in [-0.15, -0.1) is 0 Å². The number of hydrogen-bond donors (Lipinski definition) is 0. The monoisotopic (exact) mass is 567 g/mol. The van der Waals surface area contributed by atoms with Crippen LogP contribution in [0.5, 0.6) is 11.5 Å². The number of amides is 1. The van der Waals surface area contributed by atoms with Gasteiger partial charge in [-0.25, -0.2) is 4.79 Å². The summed E-state index contributed by atoms with van der Waals surface area (Å²) >= 11 is 0. The van der Waals surface area contributed by atoms with Gasteiger partial charge in [-0.05, 0) is 79.9 Å². The number of carbonyl (C=O) groups excluding carboxylic acids is 1. The van der Waals surface area contributed by atoms with E-state index in [1.165, 1.54) is 0 Å². The normalized spacial score (nSPS) is 28.0. The molecule has 0 unspecified atom stereocenters. The van der Waals surface area contributed by atoms with Crippen LogP contribution in [-0.2, 0) is 14.8 Å². The van der Waals surface area contributed by atoms with Crippen molar-refractivity contribution in [1.29, 1.82) is 0 Å². The first-order valence-electron chi connectivity index (χ1n) is 14.4. The molecule has 2 fully saturated rings. The van der Waals surface area contributed by atoms with Crippen LogP contribution in [0.15, 0.2) is 60.7 Å². The van der Waals surface area contributed by atoms with Gasteiger partial charge >= 0.3 is 6.09 Å². The Kier molecular flexibility index (Phi) is 6.81. The minimum atomic E-state index is -1.87. The van der Waals surface area contributed by atoms with Crippen molar-refractivity contribution in [3.05, 3.63) is 66.2 Å². The molecule has 41 heavy (non-hydrogen) atoms. The molecule has 2 aromatic carbocycles. The lowest BCUT2D eigenvalue weighted by atomic mass is 9.64. The van der Waals surface area contributed by atoms with E-state index in [1.807, 2.05) is 36.4 Å². The van der Waals surface area contributed by atoms with E-state index in [9.17, 15) is 4.79 Å². The number of fused-ring (bicyclic) bond motifs is 1. The lowest BCUT2D eigenvalue weighted by Gasteiger charge is -2.43. The molecule has 4 atom stereocenters. The number of nitrogens with zero attached hydrogens (tertiary/aromatic N) is 1. The van der Waals surface area contributed by atoms with Gasteiger partial charge in [0.25, 0.3) is 0 Å². The first-order valence-corrected chi connectivity index (χ1v) is 17.3. The average Bonchev–Trinajstić information content (AvgIpc) is 3.65.